The molecule has 1 nitrogen and oxygen atoms in total. The first-order valence-electron chi connectivity index (χ1n) is 2.63. The molecule has 1 aromatic carbocycles. The molecule has 0 saturated heterocycles. The molecule has 0 aromatic heterocycles. The molecule has 58 valence electrons. The van der Waals surface area contributed by atoms with Crippen molar-refractivity contribution in [1.82, 2.24) is 0 Å². The Bertz CT molecular complexity index is 280. The van der Waals surface area contributed by atoms with Crippen molar-refractivity contribution in [1.29, 1.82) is 0 Å². The van der Waals surface area contributed by atoms with Gasteiger partial charge < -0.3 is 0 Å². The van der Waals surface area contributed by atoms with Crippen LogP contribution in [0.2, 0.25) is 5.02 Å². The van der Waals surface area contributed by atoms with E-state index >= 15 is 0 Å². The molecule has 0 aliphatic rings. The zero-order valence-electron chi connectivity index (χ0n) is 5.14. The van der Waals surface area contributed by atoms with Gasteiger partial charge in [-0.2, -0.15) is 0 Å². The zero-order chi connectivity index (χ0) is 8.43. The van der Waals surface area contributed by atoms with E-state index in [9.17, 15) is 12.5 Å². The van der Waals surface area contributed by atoms with Gasteiger partial charge in [0.15, 0.2) is 0 Å². The molecule has 0 fully saturated rings. The van der Waals surface area contributed by atoms with Gasteiger partial charge in [-0.1, -0.05) is 0 Å². The predicted octanol–water partition coefficient (Wildman–Crippen LogP) is 1.29. The summed E-state index contributed by atoms with van der Waals surface area (Å²) in [7, 11) is 0. The Labute approximate surface area is 73.3 Å². The average Bonchev–Trinajstić information content (AvgIpc) is 1.85. The third kappa shape index (κ3) is 1.85. The number of rotatable bonds is 1. The summed E-state index contributed by atoms with van der Waals surface area (Å²) in [6.45, 7) is 0. The van der Waals surface area contributed by atoms with E-state index in [1.165, 1.54) is 0 Å². The first-order chi connectivity index (χ1) is 5.15. The summed E-state index contributed by atoms with van der Waals surface area (Å²) in [5.74, 6) is -1.69. The van der Waals surface area contributed by atoms with Gasteiger partial charge in [-0.05, 0) is 0 Å². The van der Waals surface area contributed by atoms with Crippen molar-refractivity contribution in [2.24, 2.45) is 0 Å². The van der Waals surface area contributed by atoms with Crippen LogP contribution in [0.15, 0.2) is 12.1 Å². The maximum absolute atomic E-state index is 12.6. The summed E-state index contributed by atoms with van der Waals surface area (Å²) < 4.78 is 35.1. The van der Waals surface area contributed by atoms with E-state index < -0.39 is 27.3 Å². The third-order valence-corrected chi connectivity index (χ3v) is 2.57. The molecule has 5 heteroatoms. The fourth-order valence-corrected chi connectivity index (χ4v) is 1.45. The van der Waals surface area contributed by atoms with Gasteiger partial charge in [0, 0.05) is 0 Å². The van der Waals surface area contributed by atoms with Crippen LogP contribution < -0.4 is 4.35 Å². The van der Waals surface area contributed by atoms with Crippen LogP contribution in [-0.2, 0) is 3.74 Å². The van der Waals surface area contributed by atoms with Crippen LogP contribution in [0.1, 0.15) is 0 Å². The molecule has 0 heterocycles. The monoisotopic (exact) mass is 238 g/mol. The van der Waals surface area contributed by atoms with Gasteiger partial charge in [-0.15, -0.1) is 0 Å². The number of benzene rings is 1. The van der Waals surface area contributed by atoms with Gasteiger partial charge in [0.25, 0.3) is 0 Å². The van der Waals surface area contributed by atoms with Gasteiger partial charge in [-0.25, -0.2) is 0 Å². The van der Waals surface area contributed by atoms with Crippen LogP contribution in [0.25, 0.3) is 0 Å². The predicted molar refractivity (Wildman–Crippen MR) is 37.4 cm³/mol. The fraction of sp³-hybridized carbons (Fsp3) is 0. The van der Waals surface area contributed by atoms with E-state index in [0.717, 1.165) is 12.1 Å². The van der Waals surface area contributed by atoms with Crippen LogP contribution in [0.5, 0.6) is 0 Å². The molecule has 0 aliphatic heterocycles. The normalized spacial score (nSPS) is 10.5. The Morgan fingerprint density at radius 1 is 1.27 bits per heavy atom. The Balaban J connectivity index is 3.36. The van der Waals surface area contributed by atoms with Gasteiger partial charge in [0.1, 0.15) is 0 Å². The second-order valence-corrected chi connectivity index (χ2v) is 3.57. The van der Waals surface area contributed by atoms with Crippen molar-refractivity contribution in [3.8, 4) is 0 Å². The molecule has 0 amide bonds. The average molecular weight is 238 g/mol. The fourth-order valence-electron chi connectivity index (χ4n) is 0.622. The Morgan fingerprint density at radius 2 is 1.73 bits per heavy atom. The van der Waals surface area contributed by atoms with Gasteiger partial charge in [0.05, 0.1) is 0 Å². The summed E-state index contributed by atoms with van der Waals surface area (Å²) in [5, 5.41) is -0.0293. The molecular formula is C6H2AsClF2O. The van der Waals surface area contributed by atoms with E-state index in [1.54, 1.807) is 0 Å². The summed E-state index contributed by atoms with van der Waals surface area (Å²) in [4.78, 5) is 0. The van der Waals surface area contributed by atoms with Crippen molar-refractivity contribution >= 4 is 31.6 Å². The molecule has 0 unspecified atom stereocenters. The zero-order valence-corrected chi connectivity index (χ0v) is 7.78. The van der Waals surface area contributed by atoms with Crippen molar-refractivity contribution in [3.63, 3.8) is 0 Å². The van der Waals surface area contributed by atoms with Crippen LogP contribution in [0.4, 0.5) is 8.78 Å². The van der Waals surface area contributed by atoms with Crippen molar-refractivity contribution < 1.29 is 12.5 Å². The van der Waals surface area contributed by atoms with Crippen LogP contribution in [0, 0.1) is 11.6 Å². The Kier molecular flexibility index (Phi) is 2.74. The summed E-state index contributed by atoms with van der Waals surface area (Å²) in [6, 6.07) is 1.88. The standard InChI is InChI=1S/C6H2AsClF2O/c8-3-1-4(9)6(7-11)5(10)2-3/h1-2H. The molecule has 0 aliphatic carbocycles. The van der Waals surface area contributed by atoms with Crippen molar-refractivity contribution in [3.05, 3.63) is 28.8 Å². The minimum absolute atomic E-state index is 0.0293. The first kappa shape index (κ1) is 8.82. The molecule has 11 heavy (non-hydrogen) atoms. The summed E-state index contributed by atoms with van der Waals surface area (Å²) >= 11 is 3.63. The van der Waals surface area contributed by atoms with Gasteiger partial charge in [0.2, 0.25) is 0 Å². The summed E-state index contributed by atoms with van der Waals surface area (Å²) in [6.07, 6.45) is 0. The van der Waals surface area contributed by atoms with Gasteiger partial charge in [-0.3, -0.25) is 0 Å². The maximum atomic E-state index is 12.6. The molecule has 0 atom stereocenters. The van der Waals surface area contributed by atoms with Crippen LogP contribution in [0.3, 0.4) is 0 Å². The van der Waals surface area contributed by atoms with E-state index in [2.05, 4.69) is 0 Å². The first-order valence-corrected chi connectivity index (χ1v) is 4.71. The third-order valence-electron chi connectivity index (χ3n) is 1.07. The molecule has 0 spiro atoms. The van der Waals surface area contributed by atoms with Crippen LogP contribution >= 0.6 is 11.6 Å². The molecule has 0 N–H and O–H groups in total. The quantitative estimate of drug-likeness (QED) is 0.674. The SMILES string of the molecule is O=[As]c1c(F)cc(Cl)cc1F. The van der Waals surface area contributed by atoms with Crippen LogP contribution in [-0.4, -0.2) is 15.7 Å². The Morgan fingerprint density at radius 3 is 2.09 bits per heavy atom. The second-order valence-electron chi connectivity index (χ2n) is 1.81. The topological polar surface area (TPSA) is 17.1 Å². The molecule has 0 radical (unpaired) electrons. The summed E-state index contributed by atoms with van der Waals surface area (Å²) in [5.41, 5.74) is 0. The number of halogens is 3. The molecule has 1 rings (SSSR count). The van der Waals surface area contributed by atoms with E-state index in [1.807, 2.05) is 0 Å². The molecule has 1 aromatic rings. The molecule has 0 bridgehead atoms. The number of hydrogen-bond donors (Lipinski definition) is 0. The Hall–Kier alpha value is -0.272. The van der Waals surface area contributed by atoms with E-state index in [0.29, 0.717) is 0 Å². The minimum atomic E-state index is -1.67. The number of hydrogen-bond acceptors (Lipinski definition) is 1. The van der Waals surface area contributed by atoms with Crippen molar-refractivity contribution in [2.75, 3.05) is 0 Å². The van der Waals surface area contributed by atoms with Gasteiger partial charge >= 0.3 is 73.0 Å². The van der Waals surface area contributed by atoms with Crippen molar-refractivity contribution in [2.45, 2.75) is 0 Å². The van der Waals surface area contributed by atoms with E-state index in [-0.39, 0.29) is 9.37 Å². The second kappa shape index (κ2) is 3.42. The molecular weight excluding hydrogens is 236 g/mol. The molecule has 0 saturated carbocycles. The van der Waals surface area contributed by atoms with E-state index in [4.69, 9.17) is 11.6 Å².